The van der Waals surface area contributed by atoms with E-state index in [2.05, 4.69) is 124 Å². The first-order chi connectivity index (χ1) is 21.2. The monoisotopic (exact) mass is 748 g/mol. The van der Waals surface area contributed by atoms with Gasteiger partial charge in [-0.25, -0.2) is 0 Å². The molecule has 0 radical (unpaired) electrons. The van der Waals surface area contributed by atoms with Gasteiger partial charge in [0.15, 0.2) is 0 Å². The Bertz CT molecular complexity index is 1640. The Balaban J connectivity index is 0.000000170. The number of halogens is 4. The van der Waals surface area contributed by atoms with E-state index < -0.39 is 18.0 Å². The summed E-state index contributed by atoms with van der Waals surface area (Å²) in [5.41, 5.74) is 12.0. The van der Waals surface area contributed by atoms with E-state index in [1.807, 2.05) is 24.3 Å². The van der Waals surface area contributed by atoms with E-state index in [4.69, 9.17) is 40.2 Å². The van der Waals surface area contributed by atoms with Crippen LogP contribution < -0.4 is 0 Å². The van der Waals surface area contributed by atoms with E-state index in [9.17, 15) is 0 Å². The Labute approximate surface area is 288 Å². The first-order valence-electron chi connectivity index (χ1n) is 14.6. The molecule has 0 aromatic heterocycles. The molecule has 0 heterocycles. The molecule has 0 saturated heterocycles. The van der Waals surface area contributed by atoms with Crippen molar-refractivity contribution < 1.29 is 18.0 Å². The fourth-order valence-corrected chi connectivity index (χ4v) is 4.95. The molecule has 0 bridgehead atoms. The summed E-state index contributed by atoms with van der Waals surface area (Å²) >= 11 is 10.3. The third-order valence-electron chi connectivity index (χ3n) is 7.11. The molecule has 4 aliphatic carbocycles. The summed E-state index contributed by atoms with van der Waals surface area (Å²) in [6.07, 6.45) is 2.02. The average Bonchev–Trinajstić information content (AvgIpc) is 3.50. The van der Waals surface area contributed by atoms with Crippen LogP contribution >= 0.6 is 40.2 Å². The van der Waals surface area contributed by atoms with E-state index in [-0.39, 0.29) is 5.43 Å². The first-order valence-corrected chi connectivity index (χ1v) is 27.9. The molecule has 2 aromatic carbocycles. The first kappa shape index (κ1) is 35.0. The van der Waals surface area contributed by atoms with E-state index in [0.29, 0.717) is 0 Å². The van der Waals surface area contributed by atoms with E-state index >= 15 is 0 Å². The van der Waals surface area contributed by atoms with Gasteiger partial charge in [-0.15, -0.1) is 58.7 Å². The molecular formula is C38H34Cl4SiZr-2. The molecule has 6 rings (SSSR count). The van der Waals surface area contributed by atoms with Crippen LogP contribution in [0, 0.1) is 12.1 Å². The summed E-state index contributed by atoms with van der Waals surface area (Å²) < 4.78 is 0. The summed E-state index contributed by atoms with van der Waals surface area (Å²) in [5.74, 6) is 0. The third-order valence-corrected chi connectivity index (χ3v) is 27.4. The van der Waals surface area contributed by atoms with Crippen molar-refractivity contribution in [2.45, 2.75) is 39.8 Å². The van der Waals surface area contributed by atoms with Crippen molar-refractivity contribution in [3.05, 3.63) is 142 Å². The van der Waals surface area contributed by atoms with E-state index in [0.717, 1.165) is 22.9 Å². The van der Waals surface area contributed by atoms with Gasteiger partial charge in [-0.1, -0.05) is 96.7 Å². The van der Waals surface area contributed by atoms with Crippen molar-refractivity contribution in [2.24, 2.45) is 0 Å². The molecule has 0 atom stereocenters. The van der Waals surface area contributed by atoms with Gasteiger partial charge in [0, 0.05) is 10.0 Å². The zero-order chi connectivity index (χ0) is 31.6. The average molecular weight is 752 g/mol. The van der Waals surface area contributed by atoms with Crippen LogP contribution in [0.1, 0.15) is 25.0 Å². The molecule has 2 aromatic rings. The quantitative estimate of drug-likeness (QED) is 0.124. The van der Waals surface area contributed by atoms with E-state index in [1.165, 1.54) is 55.6 Å². The van der Waals surface area contributed by atoms with Gasteiger partial charge in [0.1, 0.15) is 0 Å². The second-order valence-electron chi connectivity index (χ2n) is 10.5. The number of hydrogen-bond acceptors (Lipinski definition) is 0. The molecule has 44 heavy (non-hydrogen) atoms. The second kappa shape index (κ2) is 17.1. The standard InChI is InChI=1S/2C18H14Cl.C2H6Si.2ClH.Zr/c2*1-2-13-11-15-5-3-4-6-17(18(15)12-13)14-7-9-16(19)10-8-14;1-3-2;;;/h2*3-10,12H,2H2,1H3;1-2H3;2*1H;/q2*-1;;;;+2/p-2. The summed E-state index contributed by atoms with van der Waals surface area (Å²) in [6.45, 7) is 8.65. The van der Waals surface area contributed by atoms with Crippen molar-refractivity contribution in [2.75, 3.05) is 0 Å². The van der Waals surface area contributed by atoms with Crippen molar-refractivity contribution >= 4 is 45.7 Å². The minimum atomic E-state index is -1.65. The van der Waals surface area contributed by atoms with Gasteiger partial charge >= 0.3 is 53.5 Å². The molecule has 0 nitrogen and oxygen atoms in total. The molecule has 0 saturated carbocycles. The number of hydrogen-bond donors (Lipinski definition) is 0. The summed E-state index contributed by atoms with van der Waals surface area (Å²) in [5, 5.41) is 1.53. The van der Waals surface area contributed by atoms with Crippen LogP contribution in [0.3, 0.4) is 0 Å². The van der Waals surface area contributed by atoms with Crippen LogP contribution in [-0.4, -0.2) is 5.43 Å². The zero-order valence-electron chi connectivity index (χ0n) is 25.3. The molecule has 0 amide bonds. The molecule has 224 valence electrons. The summed E-state index contributed by atoms with van der Waals surface area (Å²) in [7, 11) is 11.2. The predicted octanol–water partition coefficient (Wildman–Crippen LogP) is 13.1. The maximum atomic E-state index is 5.96. The van der Waals surface area contributed by atoms with Crippen LogP contribution in [0.5, 0.6) is 0 Å². The van der Waals surface area contributed by atoms with E-state index in [1.54, 1.807) is 0 Å². The van der Waals surface area contributed by atoms with Crippen LogP contribution in [-0.2, 0) is 30.8 Å². The Morgan fingerprint density at radius 2 is 0.886 bits per heavy atom. The van der Waals surface area contributed by atoms with Crippen LogP contribution in [0.25, 0.3) is 44.5 Å². The van der Waals surface area contributed by atoms with Crippen LogP contribution in [0.15, 0.2) is 109 Å². The van der Waals surface area contributed by atoms with Crippen molar-refractivity contribution in [3.63, 3.8) is 0 Å². The Hall–Kier alpha value is -1.90. The van der Waals surface area contributed by atoms with Gasteiger partial charge in [0.25, 0.3) is 0 Å². The molecule has 0 fully saturated rings. The second-order valence-corrected chi connectivity index (χ2v) is 34.3. The predicted molar refractivity (Wildman–Crippen MR) is 193 cm³/mol. The fraction of sp³-hybridized carbons (Fsp3) is 0.158. The molecule has 4 aliphatic rings. The van der Waals surface area contributed by atoms with Crippen molar-refractivity contribution in [3.8, 4) is 44.5 Å². The molecule has 0 N–H and O–H groups in total. The fourth-order valence-electron chi connectivity index (χ4n) is 4.70. The van der Waals surface area contributed by atoms with Gasteiger partial charge in [0.2, 0.25) is 0 Å². The summed E-state index contributed by atoms with van der Waals surface area (Å²) in [4.78, 5) is 0. The molecule has 0 spiro atoms. The minimum absolute atomic E-state index is 0.224. The summed E-state index contributed by atoms with van der Waals surface area (Å²) in [6, 6.07) is 44.2. The Kier molecular flexibility index (Phi) is 13.6. The van der Waals surface area contributed by atoms with Crippen LogP contribution in [0.4, 0.5) is 0 Å². The zero-order valence-corrected chi connectivity index (χ0v) is 31.8. The van der Waals surface area contributed by atoms with Crippen LogP contribution in [0.2, 0.25) is 23.1 Å². The number of benzene rings is 2. The van der Waals surface area contributed by atoms with Gasteiger partial charge in [-0.05, 0) is 48.2 Å². The van der Waals surface area contributed by atoms with Gasteiger partial charge in [0.05, 0.1) is 0 Å². The van der Waals surface area contributed by atoms with Gasteiger partial charge in [-0.2, -0.15) is 23.3 Å². The number of rotatable bonds is 4. The van der Waals surface area contributed by atoms with Gasteiger partial charge < -0.3 is 0 Å². The normalized spacial score (nSPS) is 10.5. The molecule has 0 aliphatic heterocycles. The Morgan fingerprint density at radius 3 is 1.20 bits per heavy atom. The van der Waals surface area contributed by atoms with Gasteiger partial charge in [-0.3, -0.25) is 0 Å². The molecule has 6 heteroatoms. The van der Waals surface area contributed by atoms with Crippen molar-refractivity contribution in [1.29, 1.82) is 0 Å². The molecule has 0 unspecified atom stereocenters. The Morgan fingerprint density at radius 1 is 0.545 bits per heavy atom. The molecular weight excluding hydrogens is 718 g/mol. The third kappa shape index (κ3) is 9.56. The van der Waals surface area contributed by atoms with Crippen molar-refractivity contribution in [1.82, 2.24) is 0 Å². The maximum absolute atomic E-state index is 5.96. The number of aryl methyl sites for hydroxylation is 2. The SMILES string of the molecule is CCc1[c-]c2ccccc(-c3ccc(Cl)cc3)c-2c1.CCc1[c-]c2ccccc(-c3ccc(Cl)cc3)c-2c1.C[Si](C)=[Zr]([Cl])[Cl]. The number of fused-ring (bicyclic) bond motifs is 2. The topological polar surface area (TPSA) is 0 Å².